The largest absolute Gasteiger partial charge is 0.368 e. The smallest absolute Gasteiger partial charge is 0.326 e. The Bertz CT molecular complexity index is 921. The van der Waals surface area contributed by atoms with Crippen molar-refractivity contribution >= 4 is 39.0 Å². The van der Waals surface area contributed by atoms with E-state index in [-0.39, 0.29) is 18.0 Å². The van der Waals surface area contributed by atoms with E-state index in [2.05, 4.69) is 39.4 Å². The first-order chi connectivity index (χ1) is 14.7. The third kappa shape index (κ3) is 3.81. The van der Waals surface area contributed by atoms with Gasteiger partial charge in [0.2, 0.25) is 5.91 Å². The summed E-state index contributed by atoms with van der Waals surface area (Å²) in [6.07, 6.45) is 4.46. The van der Waals surface area contributed by atoms with Crippen LogP contribution < -0.4 is 4.90 Å². The van der Waals surface area contributed by atoms with Crippen molar-refractivity contribution in [2.24, 2.45) is 0 Å². The monoisotopic (exact) mass is 426 g/mol. The Kier molecular flexibility index (Phi) is 5.65. The van der Waals surface area contributed by atoms with Gasteiger partial charge in [0, 0.05) is 67.5 Å². The Labute approximate surface area is 182 Å². The number of fused-ring (bicyclic) bond motifs is 2. The molecule has 0 bridgehead atoms. The number of thiophene rings is 1. The number of nitrogens with zero attached hydrogens (tertiary/aromatic N) is 4. The van der Waals surface area contributed by atoms with E-state index in [0.29, 0.717) is 13.0 Å². The zero-order valence-corrected chi connectivity index (χ0v) is 18.3. The summed E-state index contributed by atoms with van der Waals surface area (Å²) in [5.74, 6) is 0.0272. The van der Waals surface area contributed by atoms with Gasteiger partial charge in [-0.3, -0.25) is 14.6 Å². The van der Waals surface area contributed by atoms with Gasteiger partial charge in [-0.05, 0) is 55.8 Å². The summed E-state index contributed by atoms with van der Waals surface area (Å²) in [5.41, 5.74) is 1.36. The van der Waals surface area contributed by atoms with Gasteiger partial charge in [-0.1, -0.05) is 6.07 Å². The third-order valence-electron chi connectivity index (χ3n) is 6.86. The van der Waals surface area contributed by atoms with E-state index in [0.717, 1.165) is 65.0 Å². The van der Waals surface area contributed by atoms with Crippen LogP contribution >= 0.6 is 11.3 Å². The Balaban J connectivity index is 1.07. The highest BCUT2D eigenvalue weighted by Crippen LogP contribution is 2.31. The van der Waals surface area contributed by atoms with Crippen LogP contribution in [0.25, 0.3) is 10.1 Å². The lowest BCUT2D eigenvalue weighted by molar-refractivity contribution is -0.132. The molecule has 1 aromatic heterocycles. The van der Waals surface area contributed by atoms with Crippen LogP contribution in [0.3, 0.4) is 0 Å². The number of amides is 3. The molecule has 3 saturated heterocycles. The zero-order valence-electron chi connectivity index (χ0n) is 17.5. The standard InChI is InChI=1S/C23H30N4O2S/c28-22-17-18-5-4-11-26(18)23(29)27(22)10-2-1-9-24-12-14-25(15-13-24)20-6-3-7-21-19(20)8-16-30-21/h3,6-8,16,18H,1-2,4-5,9-15,17H2/t18-/m0/s1. The molecule has 1 atom stereocenters. The van der Waals surface area contributed by atoms with E-state index in [1.807, 2.05) is 4.90 Å². The number of piperazine rings is 1. The van der Waals surface area contributed by atoms with Crippen molar-refractivity contribution in [1.29, 1.82) is 0 Å². The number of carbonyl (C=O) groups is 2. The second-order valence-corrected chi connectivity index (χ2v) is 9.61. The van der Waals surface area contributed by atoms with Gasteiger partial charge in [0.15, 0.2) is 0 Å². The minimum Gasteiger partial charge on any atom is -0.368 e. The topological polar surface area (TPSA) is 47.1 Å². The molecule has 3 fully saturated rings. The molecule has 3 aliphatic heterocycles. The van der Waals surface area contributed by atoms with Gasteiger partial charge in [0.25, 0.3) is 0 Å². The van der Waals surface area contributed by atoms with Crippen LogP contribution in [0.15, 0.2) is 29.6 Å². The molecule has 0 N–H and O–H groups in total. The van der Waals surface area contributed by atoms with E-state index in [4.69, 9.17) is 0 Å². The number of benzene rings is 1. The fourth-order valence-electron chi connectivity index (χ4n) is 5.17. The van der Waals surface area contributed by atoms with Crippen LogP contribution in [0.4, 0.5) is 10.5 Å². The summed E-state index contributed by atoms with van der Waals surface area (Å²) >= 11 is 1.80. The Morgan fingerprint density at radius 2 is 1.80 bits per heavy atom. The molecule has 2 aromatic rings. The summed E-state index contributed by atoms with van der Waals surface area (Å²) in [4.78, 5) is 33.4. The normalized spacial score (nSPS) is 22.9. The number of urea groups is 1. The van der Waals surface area contributed by atoms with E-state index >= 15 is 0 Å². The quantitative estimate of drug-likeness (QED) is 0.662. The van der Waals surface area contributed by atoms with Gasteiger partial charge in [-0.15, -0.1) is 11.3 Å². The Morgan fingerprint density at radius 1 is 0.967 bits per heavy atom. The van der Waals surface area contributed by atoms with Crippen LogP contribution in [0.1, 0.15) is 32.1 Å². The lowest BCUT2D eigenvalue weighted by Crippen LogP contribution is -2.54. The molecular weight excluding hydrogens is 396 g/mol. The predicted octanol–water partition coefficient (Wildman–Crippen LogP) is 3.62. The predicted molar refractivity (Wildman–Crippen MR) is 121 cm³/mol. The first-order valence-electron chi connectivity index (χ1n) is 11.3. The molecule has 7 heteroatoms. The average molecular weight is 427 g/mol. The van der Waals surface area contributed by atoms with Crippen molar-refractivity contribution in [3.05, 3.63) is 29.6 Å². The number of unbranched alkanes of at least 4 members (excludes halogenated alkanes) is 1. The minimum atomic E-state index is -0.0510. The fraction of sp³-hybridized carbons (Fsp3) is 0.565. The summed E-state index contributed by atoms with van der Waals surface area (Å²) in [6, 6.07) is 8.94. The first kappa shape index (κ1) is 19.8. The Morgan fingerprint density at radius 3 is 2.67 bits per heavy atom. The number of anilines is 1. The molecule has 0 radical (unpaired) electrons. The number of imide groups is 1. The van der Waals surface area contributed by atoms with Crippen molar-refractivity contribution in [3.8, 4) is 0 Å². The molecule has 4 heterocycles. The van der Waals surface area contributed by atoms with E-state index in [1.165, 1.54) is 20.7 Å². The number of carbonyl (C=O) groups excluding carboxylic acids is 2. The van der Waals surface area contributed by atoms with Crippen LogP contribution in [-0.4, -0.2) is 78.5 Å². The van der Waals surface area contributed by atoms with Crippen molar-refractivity contribution in [1.82, 2.24) is 14.7 Å². The number of hydrogen-bond donors (Lipinski definition) is 0. The Hall–Kier alpha value is -2.12. The van der Waals surface area contributed by atoms with E-state index < -0.39 is 0 Å². The van der Waals surface area contributed by atoms with E-state index in [9.17, 15) is 9.59 Å². The number of rotatable bonds is 6. The molecule has 3 aliphatic rings. The van der Waals surface area contributed by atoms with Gasteiger partial charge in [0.1, 0.15) is 0 Å². The highest BCUT2D eigenvalue weighted by molar-refractivity contribution is 7.17. The average Bonchev–Trinajstić information content (AvgIpc) is 3.42. The van der Waals surface area contributed by atoms with Crippen LogP contribution in [-0.2, 0) is 4.79 Å². The highest BCUT2D eigenvalue weighted by Gasteiger charge is 2.40. The fourth-order valence-corrected chi connectivity index (χ4v) is 5.97. The molecule has 0 saturated carbocycles. The minimum absolute atomic E-state index is 0.0272. The molecule has 0 spiro atoms. The van der Waals surface area contributed by atoms with Gasteiger partial charge in [-0.25, -0.2) is 4.79 Å². The van der Waals surface area contributed by atoms with Crippen molar-refractivity contribution in [2.45, 2.75) is 38.1 Å². The SMILES string of the molecule is O=C1C[C@@H]2CCCN2C(=O)N1CCCCN1CCN(c2cccc3sccc23)CC1. The van der Waals surface area contributed by atoms with Crippen molar-refractivity contribution < 1.29 is 9.59 Å². The maximum Gasteiger partial charge on any atom is 0.326 e. The van der Waals surface area contributed by atoms with E-state index in [1.54, 1.807) is 11.3 Å². The van der Waals surface area contributed by atoms with Crippen molar-refractivity contribution in [3.63, 3.8) is 0 Å². The van der Waals surface area contributed by atoms with Crippen LogP contribution in [0.2, 0.25) is 0 Å². The highest BCUT2D eigenvalue weighted by atomic mass is 32.1. The molecule has 5 rings (SSSR count). The maximum atomic E-state index is 12.6. The molecule has 3 amide bonds. The molecule has 6 nitrogen and oxygen atoms in total. The third-order valence-corrected chi connectivity index (χ3v) is 7.74. The molecule has 160 valence electrons. The molecule has 30 heavy (non-hydrogen) atoms. The lowest BCUT2D eigenvalue weighted by atomic mass is 10.1. The lowest BCUT2D eigenvalue weighted by Gasteiger charge is -2.37. The molecular formula is C23H30N4O2S. The van der Waals surface area contributed by atoms with Gasteiger partial charge in [0.05, 0.1) is 0 Å². The summed E-state index contributed by atoms with van der Waals surface area (Å²) in [7, 11) is 0. The molecule has 0 aliphatic carbocycles. The number of hydrogen-bond acceptors (Lipinski definition) is 5. The molecule has 0 unspecified atom stereocenters. The zero-order chi connectivity index (χ0) is 20.5. The maximum absolute atomic E-state index is 12.6. The van der Waals surface area contributed by atoms with Gasteiger partial charge in [-0.2, -0.15) is 0 Å². The first-order valence-corrected chi connectivity index (χ1v) is 12.1. The van der Waals surface area contributed by atoms with Crippen molar-refractivity contribution in [2.75, 3.05) is 50.7 Å². The molecule has 1 aromatic carbocycles. The van der Waals surface area contributed by atoms with Gasteiger partial charge >= 0.3 is 6.03 Å². The second-order valence-electron chi connectivity index (χ2n) is 8.67. The second kappa shape index (κ2) is 8.55. The summed E-state index contributed by atoms with van der Waals surface area (Å²) in [6.45, 7) is 6.66. The van der Waals surface area contributed by atoms with Crippen LogP contribution in [0, 0.1) is 0 Å². The summed E-state index contributed by atoms with van der Waals surface area (Å²) in [5, 5.41) is 3.54. The summed E-state index contributed by atoms with van der Waals surface area (Å²) < 4.78 is 1.36. The van der Waals surface area contributed by atoms with Crippen LogP contribution in [0.5, 0.6) is 0 Å². The van der Waals surface area contributed by atoms with Gasteiger partial charge < -0.3 is 9.80 Å².